The van der Waals surface area contributed by atoms with Gasteiger partial charge >= 0.3 is 12.1 Å². The number of hydrogen-bond donors (Lipinski definition) is 2. The molecule has 1 saturated carbocycles. The van der Waals surface area contributed by atoms with Crippen molar-refractivity contribution < 1.29 is 24.2 Å². The summed E-state index contributed by atoms with van der Waals surface area (Å²) >= 11 is 0. The Morgan fingerprint density at radius 1 is 1.09 bits per heavy atom. The van der Waals surface area contributed by atoms with Crippen LogP contribution in [0.4, 0.5) is 4.79 Å². The number of hydrogen-bond acceptors (Lipinski definition) is 4. The van der Waals surface area contributed by atoms with Crippen molar-refractivity contribution in [2.45, 2.75) is 38.5 Å². The van der Waals surface area contributed by atoms with Crippen molar-refractivity contribution in [1.82, 2.24) is 10.2 Å². The normalized spacial score (nSPS) is 24.9. The number of benzene rings is 2. The van der Waals surface area contributed by atoms with Crippen molar-refractivity contribution in [2.75, 3.05) is 26.2 Å². The number of fused-ring (bicyclic) bond motifs is 3. The number of carboxylic acids is 1. The second-order valence-corrected chi connectivity index (χ2v) is 10.1. The maximum absolute atomic E-state index is 13.0. The topological polar surface area (TPSA) is 95.9 Å². The summed E-state index contributed by atoms with van der Waals surface area (Å²) in [6, 6.07) is 16.4. The van der Waals surface area contributed by atoms with Gasteiger partial charge in [-0.15, -0.1) is 0 Å². The van der Waals surface area contributed by atoms with Crippen LogP contribution in [0.25, 0.3) is 11.1 Å². The largest absolute Gasteiger partial charge is 0.481 e. The minimum atomic E-state index is -0.835. The van der Waals surface area contributed by atoms with Gasteiger partial charge in [-0.1, -0.05) is 55.5 Å². The maximum atomic E-state index is 13.0. The summed E-state index contributed by atoms with van der Waals surface area (Å²) in [6.07, 6.45) is 2.08. The fraction of sp³-hybridized carbons (Fsp3) is 0.464. The van der Waals surface area contributed by atoms with Crippen molar-refractivity contribution >= 4 is 18.0 Å². The number of alkyl carbamates (subject to hydrolysis) is 1. The molecule has 0 radical (unpaired) electrons. The van der Waals surface area contributed by atoms with Gasteiger partial charge < -0.3 is 20.1 Å². The Labute approximate surface area is 205 Å². The summed E-state index contributed by atoms with van der Waals surface area (Å²) in [6.45, 7) is 3.41. The van der Waals surface area contributed by atoms with Crippen LogP contribution in [0.1, 0.15) is 49.7 Å². The molecule has 1 unspecified atom stereocenters. The van der Waals surface area contributed by atoms with E-state index in [1.807, 2.05) is 31.2 Å². The van der Waals surface area contributed by atoms with Gasteiger partial charge in [-0.25, -0.2) is 4.79 Å². The summed E-state index contributed by atoms with van der Waals surface area (Å²) in [5, 5.41) is 12.5. The van der Waals surface area contributed by atoms with E-state index in [4.69, 9.17) is 4.74 Å². The molecule has 2 fully saturated rings. The molecular formula is C28H32N2O5. The minimum absolute atomic E-state index is 0.00979. The Kier molecular flexibility index (Phi) is 6.26. The van der Waals surface area contributed by atoms with E-state index in [1.54, 1.807) is 4.90 Å². The van der Waals surface area contributed by atoms with Crippen molar-refractivity contribution in [2.24, 2.45) is 17.3 Å². The zero-order chi connectivity index (χ0) is 24.6. The molecule has 2 aromatic carbocycles. The van der Waals surface area contributed by atoms with Gasteiger partial charge in [-0.2, -0.15) is 0 Å². The number of piperidine rings is 1. The fourth-order valence-corrected chi connectivity index (χ4v) is 5.81. The number of nitrogens with one attached hydrogen (secondary N) is 1. The molecule has 0 bridgehead atoms. The van der Waals surface area contributed by atoms with Crippen molar-refractivity contribution in [3.8, 4) is 11.1 Å². The first-order valence-corrected chi connectivity index (χ1v) is 12.5. The number of carbonyl (C=O) groups excluding carboxylic acids is 2. The van der Waals surface area contributed by atoms with Crippen LogP contribution in [-0.2, 0) is 14.3 Å². The van der Waals surface area contributed by atoms with Crippen LogP contribution >= 0.6 is 0 Å². The maximum Gasteiger partial charge on any atom is 0.407 e. The van der Waals surface area contributed by atoms with Crippen LogP contribution in [0.5, 0.6) is 0 Å². The second-order valence-electron chi connectivity index (χ2n) is 10.1. The van der Waals surface area contributed by atoms with Gasteiger partial charge in [0.1, 0.15) is 6.61 Å². The van der Waals surface area contributed by atoms with E-state index in [0.29, 0.717) is 38.8 Å². The van der Waals surface area contributed by atoms with Gasteiger partial charge in [-0.05, 0) is 53.9 Å². The highest BCUT2D eigenvalue weighted by Gasteiger charge is 2.48. The Morgan fingerprint density at radius 3 is 2.37 bits per heavy atom. The molecule has 184 valence electrons. The lowest BCUT2D eigenvalue weighted by atomic mass is 9.77. The molecule has 2 aliphatic carbocycles. The highest BCUT2D eigenvalue weighted by molar-refractivity contribution is 5.84. The lowest BCUT2D eigenvalue weighted by Gasteiger charge is -2.39. The number of likely N-dealkylation sites (tertiary alicyclic amines) is 1. The summed E-state index contributed by atoms with van der Waals surface area (Å²) in [5.41, 5.74) is 3.87. The Morgan fingerprint density at radius 2 is 1.74 bits per heavy atom. The first kappa shape index (κ1) is 23.4. The number of amides is 2. The number of ether oxygens (including phenoxy) is 1. The molecule has 7 nitrogen and oxygen atoms in total. The lowest BCUT2D eigenvalue weighted by Crippen LogP contribution is -2.50. The van der Waals surface area contributed by atoms with Gasteiger partial charge in [-0.3, -0.25) is 9.59 Å². The summed E-state index contributed by atoms with van der Waals surface area (Å²) < 4.78 is 5.59. The van der Waals surface area contributed by atoms with Gasteiger partial charge in [0.05, 0.1) is 5.41 Å². The third-order valence-corrected chi connectivity index (χ3v) is 8.11. The number of nitrogens with zero attached hydrogens (tertiary/aromatic N) is 1. The van der Waals surface area contributed by atoms with Gasteiger partial charge in [0, 0.05) is 31.5 Å². The zero-order valence-corrected chi connectivity index (χ0v) is 20.0. The molecule has 1 heterocycles. The average Bonchev–Trinajstić information content (AvgIpc) is 3.60. The summed E-state index contributed by atoms with van der Waals surface area (Å²) in [4.78, 5) is 38.9. The molecule has 5 rings (SSSR count). The van der Waals surface area contributed by atoms with Crippen LogP contribution in [0.3, 0.4) is 0 Å². The van der Waals surface area contributed by atoms with Gasteiger partial charge in [0.2, 0.25) is 5.91 Å². The van der Waals surface area contributed by atoms with Crippen LogP contribution in [0.15, 0.2) is 48.5 Å². The molecule has 2 aromatic rings. The number of carbonyl (C=O) groups is 3. The average molecular weight is 477 g/mol. The van der Waals surface area contributed by atoms with E-state index < -0.39 is 17.5 Å². The minimum Gasteiger partial charge on any atom is -0.481 e. The molecule has 3 atom stereocenters. The van der Waals surface area contributed by atoms with E-state index in [9.17, 15) is 19.5 Å². The molecule has 35 heavy (non-hydrogen) atoms. The number of aliphatic carboxylic acids is 1. The third-order valence-electron chi connectivity index (χ3n) is 8.11. The SMILES string of the molecule is CCC1(C(=O)O)CCCN(C(=O)[C@H]2C[C@H]2CNC(=O)OCC2c3ccccc3-c3ccccc32)C1. The third kappa shape index (κ3) is 4.40. The highest BCUT2D eigenvalue weighted by atomic mass is 16.5. The monoisotopic (exact) mass is 476 g/mol. The van der Waals surface area contributed by atoms with Gasteiger partial charge in [0.25, 0.3) is 0 Å². The van der Waals surface area contributed by atoms with E-state index >= 15 is 0 Å². The molecule has 2 amide bonds. The van der Waals surface area contributed by atoms with Crippen molar-refractivity contribution in [1.29, 1.82) is 0 Å². The first-order valence-electron chi connectivity index (χ1n) is 12.5. The fourth-order valence-electron chi connectivity index (χ4n) is 5.81. The molecule has 1 saturated heterocycles. The standard InChI is InChI=1S/C28H32N2O5/c1-2-28(26(32)33)12-7-13-30(17-28)25(31)23-14-18(23)15-29-27(34)35-16-24-21-10-5-3-8-19(21)20-9-4-6-11-22(20)24/h3-6,8-11,18,23-24H,2,7,12-17H2,1H3,(H,29,34)(H,32,33)/t18-,23-,28?/m0/s1. The Hall–Kier alpha value is -3.35. The first-order chi connectivity index (χ1) is 16.9. The molecule has 7 heteroatoms. The predicted octanol–water partition coefficient (Wildman–Crippen LogP) is 4.26. The molecule has 0 spiro atoms. The zero-order valence-electron chi connectivity index (χ0n) is 20.0. The molecule has 2 N–H and O–H groups in total. The predicted molar refractivity (Wildman–Crippen MR) is 131 cm³/mol. The van der Waals surface area contributed by atoms with Gasteiger partial charge in [0.15, 0.2) is 0 Å². The van der Waals surface area contributed by atoms with Crippen LogP contribution in [0.2, 0.25) is 0 Å². The van der Waals surface area contributed by atoms with E-state index in [-0.39, 0.29) is 36.8 Å². The molecular weight excluding hydrogens is 444 g/mol. The highest BCUT2D eigenvalue weighted by Crippen LogP contribution is 2.45. The van der Waals surface area contributed by atoms with E-state index in [0.717, 1.165) is 0 Å². The quantitative estimate of drug-likeness (QED) is 0.622. The molecule has 0 aromatic heterocycles. The smallest absolute Gasteiger partial charge is 0.407 e. The van der Waals surface area contributed by atoms with Crippen molar-refractivity contribution in [3.63, 3.8) is 0 Å². The van der Waals surface area contributed by atoms with Crippen LogP contribution in [0, 0.1) is 17.3 Å². The lowest BCUT2D eigenvalue weighted by molar-refractivity contribution is -0.155. The van der Waals surface area contributed by atoms with Crippen LogP contribution in [-0.4, -0.2) is 54.2 Å². The number of carboxylic acid groups (broad SMARTS) is 1. The second kappa shape index (κ2) is 9.36. The van der Waals surface area contributed by atoms with E-state index in [1.165, 1.54) is 22.3 Å². The summed E-state index contributed by atoms with van der Waals surface area (Å²) in [5.74, 6) is -0.864. The number of rotatable bonds is 7. The van der Waals surface area contributed by atoms with E-state index in [2.05, 4.69) is 29.6 Å². The Bertz CT molecular complexity index is 1100. The summed E-state index contributed by atoms with van der Waals surface area (Å²) in [7, 11) is 0. The molecule has 3 aliphatic rings. The molecule has 1 aliphatic heterocycles. The van der Waals surface area contributed by atoms with Crippen LogP contribution < -0.4 is 5.32 Å². The Balaban J connectivity index is 1.11. The van der Waals surface area contributed by atoms with Crippen molar-refractivity contribution in [3.05, 3.63) is 59.7 Å².